The van der Waals surface area contributed by atoms with Crippen molar-refractivity contribution < 1.29 is 19.2 Å². The number of aromatic nitrogens is 24. The molecule has 6 fully saturated rings. The zero-order valence-corrected chi connectivity index (χ0v) is 81.6. The fourth-order valence-electron chi connectivity index (χ4n) is 21.3. The molecule has 35 heteroatoms. The van der Waals surface area contributed by atoms with Crippen molar-refractivity contribution in [1.29, 1.82) is 0 Å². The van der Waals surface area contributed by atoms with Crippen LogP contribution in [0.1, 0.15) is 314 Å². The summed E-state index contributed by atoms with van der Waals surface area (Å²) in [6.45, 7) is 10.9. The zero-order valence-electron chi connectivity index (χ0n) is 80.0. The van der Waals surface area contributed by atoms with Gasteiger partial charge in [0.25, 0.3) is 11.8 Å². The molecule has 2 aliphatic heterocycles. The van der Waals surface area contributed by atoms with E-state index >= 15 is 0 Å². The van der Waals surface area contributed by atoms with Crippen molar-refractivity contribution in [1.82, 2.24) is 150 Å². The third kappa shape index (κ3) is 24.5. The quantitative estimate of drug-likeness (QED) is 0.0636. The van der Waals surface area contributed by atoms with Crippen molar-refractivity contribution in [2.24, 2.45) is 0 Å². The van der Waals surface area contributed by atoms with Gasteiger partial charge in [-0.25, -0.2) is 37.5 Å². The molecule has 720 valence electrons. The number of halogens is 1. The molecular formula is C103H127BrN30O4. The largest absolute Gasteiger partial charge is 0.333 e. The average molecular weight is 1930 g/mol. The lowest BCUT2D eigenvalue weighted by molar-refractivity contribution is 0.0441. The predicted octanol–water partition coefficient (Wildman–Crippen LogP) is 15.4. The van der Waals surface area contributed by atoms with Crippen molar-refractivity contribution >= 4 is 39.3 Å². The number of nitrogens with one attached hydrogen (secondary N) is 1. The topological polar surface area (TPSA) is 342 Å². The van der Waals surface area contributed by atoms with Crippen molar-refractivity contribution in [3.05, 3.63) is 190 Å². The first-order valence-corrected chi connectivity index (χ1v) is 51.0. The highest BCUT2D eigenvalue weighted by atomic mass is 79.9. The molecule has 6 saturated carbocycles. The Balaban J connectivity index is 0.000000159. The summed E-state index contributed by atoms with van der Waals surface area (Å²) in [4.78, 5) is 66.4. The summed E-state index contributed by atoms with van der Waals surface area (Å²) in [5, 5.41) is 75.6. The number of alkyl halides is 1. The first-order chi connectivity index (χ1) is 67.4. The van der Waals surface area contributed by atoms with Crippen molar-refractivity contribution in [3.8, 4) is 82.5 Å². The molecule has 20 rings (SSSR count). The van der Waals surface area contributed by atoms with Crippen LogP contribution < -0.4 is 5.32 Å². The van der Waals surface area contributed by atoms with Gasteiger partial charge in [-0.2, -0.15) is 0 Å². The first-order valence-electron chi connectivity index (χ1n) is 49.8. The van der Waals surface area contributed by atoms with Crippen LogP contribution >= 0.6 is 15.9 Å². The fraction of sp³-hybridized carbons (Fsp3) is 0.515. The number of hydrogen-bond donors (Lipinski definition) is 1. The second-order valence-corrected chi connectivity index (χ2v) is 39.1. The minimum absolute atomic E-state index is 0.0332. The lowest BCUT2D eigenvalue weighted by atomic mass is 9.87. The molecule has 0 unspecified atom stereocenters. The molecule has 8 aliphatic rings. The van der Waals surface area contributed by atoms with Crippen molar-refractivity contribution in [2.75, 3.05) is 18.4 Å². The molecule has 6 aliphatic carbocycles. The molecular weight excluding hydrogens is 1800 g/mol. The van der Waals surface area contributed by atoms with Gasteiger partial charge in [0.05, 0.1) is 159 Å². The highest BCUT2D eigenvalue weighted by Crippen LogP contribution is 2.38. The molecule has 0 spiro atoms. The number of hydrogen-bond acceptors (Lipinski definition) is 24. The summed E-state index contributed by atoms with van der Waals surface area (Å²) in [5.41, 5.74) is 13.4. The van der Waals surface area contributed by atoms with E-state index in [4.69, 9.17) is 19.3 Å². The van der Waals surface area contributed by atoms with E-state index in [1.807, 2.05) is 108 Å². The van der Waals surface area contributed by atoms with Gasteiger partial charge < -0.3 is 15.1 Å². The Labute approximate surface area is 815 Å². The Hall–Kier alpha value is -12.7. The van der Waals surface area contributed by atoms with Crippen LogP contribution in [0.2, 0.25) is 0 Å². The van der Waals surface area contributed by atoms with Crippen LogP contribution in [0, 0.1) is 37.0 Å². The Morgan fingerprint density at radius 2 is 0.551 bits per heavy atom. The van der Waals surface area contributed by atoms with Gasteiger partial charge in [-0.3, -0.25) is 33.9 Å². The van der Waals surface area contributed by atoms with Crippen LogP contribution in [0.3, 0.4) is 0 Å². The minimum atomic E-state index is -0.113. The summed E-state index contributed by atoms with van der Waals surface area (Å²) >= 11 is 3.01. The summed E-state index contributed by atoms with van der Waals surface area (Å²) < 4.78 is 13.5. The molecule has 138 heavy (non-hydrogen) atoms. The van der Waals surface area contributed by atoms with E-state index in [1.54, 1.807) is 61.7 Å². The molecule has 10 heterocycles. The predicted molar refractivity (Wildman–Crippen MR) is 527 cm³/mol. The van der Waals surface area contributed by atoms with Gasteiger partial charge in [-0.15, -0.1) is 60.1 Å². The number of rotatable bonds is 13. The Kier molecular flexibility index (Phi) is 32.8. The number of nitrogens with zero attached hydrogens (tertiary/aromatic N) is 29. The molecule has 4 aromatic carbocycles. The average Bonchev–Trinajstić information content (AvgIpc) is 1.45. The van der Waals surface area contributed by atoms with E-state index in [0.29, 0.717) is 155 Å². The van der Waals surface area contributed by atoms with Crippen LogP contribution in [0.4, 0.5) is 0 Å². The lowest BCUT2D eigenvalue weighted by Crippen LogP contribution is -2.48. The second-order valence-electron chi connectivity index (χ2n) is 38.5. The van der Waals surface area contributed by atoms with Gasteiger partial charge in [0, 0.05) is 104 Å². The maximum Gasteiger partial charge on any atom is 0.254 e. The second kappa shape index (κ2) is 46.6. The van der Waals surface area contributed by atoms with Crippen LogP contribution in [0.5, 0.6) is 0 Å². The maximum atomic E-state index is 15.0. The zero-order chi connectivity index (χ0) is 95.4. The van der Waals surface area contributed by atoms with E-state index in [9.17, 15) is 19.2 Å². The molecule has 8 aromatic heterocycles. The molecule has 12 aromatic rings. The Morgan fingerprint density at radius 3 is 0.790 bits per heavy atom. The number of aryl methyl sites for hydroxylation is 2. The summed E-state index contributed by atoms with van der Waals surface area (Å²) in [6, 6.07) is 26.1. The van der Waals surface area contributed by atoms with Crippen LogP contribution in [0.25, 0.3) is 45.5 Å². The van der Waals surface area contributed by atoms with E-state index in [-0.39, 0.29) is 47.5 Å². The van der Waals surface area contributed by atoms with Crippen LogP contribution in [-0.4, -0.2) is 229 Å². The van der Waals surface area contributed by atoms with E-state index in [2.05, 4.69) is 150 Å². The normalized spacial score (nSPS) is 17.5. The van der Waals surface area contributed by atoms with Crippen molar-refractivity contribution in [2.45, 2.75) is 321 Å². The number of ketones is 2. The number of terminal acetylenes is 3. The van der Waals surface area contributed by atoms with Gasteiger partial charge in [-0.1, -0.05) is 191 Å². The number of amides is 2. The molecule has 0 atom stereocenters. The van der Waals surface area contributed by atoms with Gasteiger partial charge in [0.1, 0.15) is 0 Å². The summed E-state index contributed by atoms with van der Waals surface area (Å²) in [6.07, 6.45) is 70.6. The summed E-state index contributed by atoms with van der Waals surface area (Å²) in [5.74, 6) is 7.79. The number of carbonyl (C=O) groups excluding carboxylic acids is 4. The Morgan fingerprint density at radius 1 is 0.326 bits per heavy atom. The minimum Gasteiger partial charge on any atom is -0.333 e. The number of fused-ring (bicyclic) bond motifs is 32. The van der Waals surface area contributed by atoms with Gasteiger partial charge in [0.2, 0.25) is 0 Å². The van der Waals surface area contributed by atoms with E-state index in [1.165, 1.54) is 104 Å². The Bertz CT molecular complexity index is 5930. The smallest absolute Gasteiger partial charge is 0.254 e. The van der Waals surface area contributed by atoms with Gasteiger partial charge >= 0.3 is 0 Å². The molecule has 0 saturated heterocycles. The van der Waals surface area contributed by atoms with Gasteiger partial charge in [0.15, 0.2) is 11.6 Å². The molecule has 0 radical (unpaired) electrons. The number of benzene rings is 4. The third-order valence-electron chi connectivity index (χ3n) is 28.0. The molecule has 2 amide bonds. The fourth-order valence-corrected chi connectivity index (χ4v) is 21.3. The van der Waals surface area contributed by atoms with Gasteiger partial charge in [-0.05, 0) is 197 Å². The maximum absolute atomic E-state index is 15.0. The van der Waals surface area contributed by atoms with Crippen molar-refractivity contribution in [3.63, 3.8) is 0 Å². The van der Waals surface area contributed by atoms with Crippen LogP contribution in [-0.2, 0) is 52.1 Å². The SMILES string of the molecule is C#CCBr.C#CCN1Cc2cn(nn2)-c2cc(C(C)=O)cc(c2)-n2cc(nn2)CN(CC#C)Cc2cn(nn2)-c2cc(C(=O)N(C3CCCCC3)C3CCCCC3)cc(c2)-n2cc(nn2)C1.CC(=O)c1cc2cc(c1)-n1cc(nn1)CNCc1cn(nn1)-c1cc(C(=O)N(C3CCCCC3)C3CCCCC3)cc(c1)-n1cc(nn1)CCCc1cn-2nn1.CC(C)N(C1CCCCC1)C1CCCCC1. The third-order valence-corrected chi connectivity index (χ3v) is 28.3. The number of Topliss-reactive ketones (excluding diaryl/α,β-unsaturated/α-hetero) is 2. The molecule has 1 N–H and O–H groups in total. The highest BCUT2D eigenvalue weighted by molar-refractivity contribution is 9.09. The van der Waals surface area contributed by atoms with E-state index < -0.39 is 0 Å². The highest BCUT2D eigenvalue weighted by Gasteiger charge is 2.38. The molecule has 34 nitrogen and oxygen atoms in total. The first kappa shape index (κ1) is 96.9. The van der Waals surface area contributed by atoms with E-state index in [0.717, 1.165) is 156 Å². The molecule has 24 bridgehead atoms. The van der Waals surface area contributed by atoms with Crippen LogP contribution in [0.15, 0.2) is 122 Å². The monoisotopic (exact) mass is 1930 g/mol. The number of carbonyl (C=O) groups is 4. The summed E-state index contributed by atoms with van der Waals surface area (Å²) in [7, 11) is 0. The lowest BCUT2D eigenvalue weighted by Gasteiger charge is -2.44. The standard InChI is InChI=1S/C45H49N15O2.C40H46N14O2.C15H29N.C3H3Br/c1-4-16-54-24-35-28-56(50-46-35)41-18-33(32(3)61)19-42(22-41)57-29-36(47-51-57)25-55(17-5-2)27-38-31-59(53-49-38)44-21-34(20-43(23-44)58-30-37(26-54)48-52-58)45(62)60(39-12-8-6-9-13-39)40-14-10-7-11-15-40;1-27(55)28-15-36-19-37(16-28)52-25-32(44-48-52)21-41-22-33-26-53(49-45-33)39-18-29(40(56)54(34-11-4-2-5-12-34)35-13-6-3-7-14-35)17-38(20-39)51-24-31(43-47-51)10-8-9-30-23-50(36)46-42-30;1-13(2)16(14-9-5-3-6-10-14)15-11-7-4-8-12-15;1-2-3-4/h1-2,18-23,28-31,39-40H,6-17,24-27H2,3H3;15-20,23-26,34-35,41H,2-14,21-22H2,1H3;13-15H,3-12H2,1-2H3;1H,3H2.